The number of cyclic esters (lactones) is 1. The van der Waals surface area contributed by atoms with E-state index in [1.165, 1.54) is 18.1 Å². The van der Waals surface area contributed by atoms with E-state index in [0.29, 0.717) is 64.7 Å². The quantitative estimate of drug-likeness (QED) is 0.103. The Hall–Kier alpha value is -3.47. The van der Waals surface area contributed by atoms with Crippen LogP contribution in [0.1, 0.15) is 130 Å². The van der Waals surface area contributed by atoms with Crippen LogP contribution < -0.4 is 5.32 Å². The van der Waals surface area contributed by atoms with E-state index >= 15 is 0 Å². The number of hydrogen-bond donors (Lipinski definition) is 6. The molecule has 0 amide bonds. The molecule has 2 aromatic heterocycles. The molecule has 19 heteroatoms. The number of aliphatic hydroxyl groups excluding tert-OH is 2. The molecule has 3 saturated heterocycles. The maximum Gasteiger partial charge on any atom is 0.309 e. The van der Waals surface area contributed by atoms with Crippen molar-refractivity contribution < 1.29 is 48.9 Å². The summed E-state index contributed by atoms with van der Waals surface area (Å²) in [5.41, 5.74) is 0.285. The Morgan fingerprint density at radius 1 is 0.945 bits per heavy atom. The zero-order chi connectivity index (χ0) is 53.4. The first-order valence-electron chi connectivity index (χ1n) is 27.0. The zero-order valence-electron chi connectivity index (χ0n) is 46.1. The number of likely N-dealkylation sites (N-methyl/N-ethyl adjacent to an activating group) is 2. The van der Waals surface area contributed by atoms with E-state index in [1.807, 2.05) is 78.3 Å². The van der Waals surface area contributed by atoms with Gasteiger partial charge in [0.1, 0.15) is 23.9 Å². The Balaban J connectivity index is 1.21. The van der Waals surface area contributed by atoms with Crippen LogP contribution in [0, 0.1) is 23.7 Å². The number of aromatic nitrogens is 6. The summed E-state index contributed by atoms with van der Waals surface area (Å²) < 4.78 is 34.7. The number of rotatable bonds is 17. The molecule has 412 valence electrons. The van der Waals surface area contributed by atoms with Gasteiger partial charge in [0.05, 0.1) is 59.1 Å². The SMILES string of the molecule is CC[C@H]1OC(=O)[C@H](C)C([C@H]2C[C@@](C)(OC)C[C@H](C)O2)[C@H](C)[C@@H](O[C@@H]2O[C@H](C)C[C@H](N(C)CCc3cn(CCc4ccc(CNCc5cn[nH]n5)cc4)nn3)[C@H]2O)[C@@](O)(CC)C[C@@H](C)CN(C)[C@H](C)[C@@H](O)[C@]1(C)O. The van der Waals surface area contributed by atoms with Crippen LogP contribution in [0.15, 0.2) is 36.7 Å². The molecular formula is C54H91N9O10. The minimum atomic E-state index is -1.77. The van der Waals surface area contributed by atoms with Crippen LogP contribution in [0.3, 0.4) is 0 Å². The molecule has 6 rings (SSSR count). The Bertz CT molecular complexity index is 2130. The number of aromatic amines is 1. The predicted octanol–water partition coefficient (Wildman–Crippen LogP) is 4.45. The van der Waals surface area contributed by atoms with Gasteiger partial charge in [-0.05, 0) is 104 Å². The number of aliphatic hydroxyl groups is 4. The Kier molecular flexibility index (Phi) is 20.6. The fraction of sp³-hybridized carbons (Fsp3) is 0.796. The van der Waals surface area contributed by atoms with Crippen molar-refractivity contribution in [2.24, 2.45) is 23.7 Å². The van der Waals surface area contributed by atoms with E-state index in [1.54, 1.807) is 13.3 Å². The minimum Gasteiger partial charge on any atom is -0.459 e. The summed E-state index contributed by atoms with van der Waals surface area (Å²) in [6, 6.07) is 7.66. The Labute approximate surface area is 434 Å². The molecule has 1 aromatic carbocycles. The molecule has 1 unspecified atom stereocenters. The molecule has 5 heterocycles. The molecule has 3 aliphatic heterocycles. The van der Waals surface area contributed by atoms with E-state index in [4.69, 9.17) is 23.7 Å². The van der Waals surface area contributed by atoms with Gasteiger partial charge >= 0.3 is 5.97 Å². The Morgan fingerprint density at radius 2 is 1.66 bits per heavy atom. The normalized spacial score (nSPS) is 37.7. The lowest BCUT2D eigenvalue weighted by atomic mass is 9.68. The molecule has 0 bridgehead atoms. The van der Waals surface area contributed by atoms with Crippen molar-refractivity contribution in [3.63, 3.8) is 0 Å². The molecule has 3 aromatic rings. The minimum absolute atomic E-state index is 0.124. The number of benzene rings is 1. The highest BCUT2D eigenvalue weighted by Gasteiger charge is 2.54. The third kappa shape index (κ3) is 14.7. The summed E-state index contributed by atoms with van der Waals surface area (Å²) in [4.78, 5) is 18.8. The highest BCUT2D eigenvalue weighted by Crippen LogP contribution is 2.45. The number of carbonyl (C=O) groups is 1. The molecular weight excluding hydrogens is 935 g/mol. The van der Waals surface area contributed by atoms with Crippen molar-refractivity contribution in [3.05, 3.63) is 59.2 Å². The van der Waals surface area contributed by atoms with Crippen LogP contribution in [0.5, 0.6) is 0 Å². The van der Waals surface area contributed by atoms with Gasteiger partial charge in [0, 0.05) is 83.3 Å². The van der Waals surface area contributed by atoms with Gasteiger partial charge in [0.2, 0.25) is 0 Å². The number of ether oxygens (including phenoxy) is 5. The van der Waals surface area contributed by atoms with Gasteiger partial charge in [-0.15, -0.1) is 5.10 Å². The van der Waals surface area contributed by atoms with Gasteiger partial charge in [0.25, 0.3) is 0 Å². The fourth-order valence-electron chi connectivity index (χ4n) is 12.1. The molecule has 19 nitrogen and oxygen atoms in total. The second-order valence-corrected chi connectivity index (χ2v) is 22.7. The molecule has 0 radical (unpaired) electrons. The number of H-pyrrole nitrogens is 1. The first-order chi connectivity index (χ1) is 34.5. The average molecular weight is 1030 g/mol. The van der Waals surface area contributed by atoms with Gasteiger partial charge in [-0.25, -0.2) is 0 Å². The third-order valence-electron chi connectivity index (χ3n) is 16.7. The molecule has 17 atom stereocenters. The van der Waals surface area contributed by atoms with Crippen LogP contribution in [0.25, 0.3) is 0 Å². The molecule has 3 fully saturated rings. The lowest BCUT2D eigenvalue weighted by molar-refractivity contribution is -0.303. The summed E-state index contributed by atoms with van der Waals surface area (Å²) in [5, 5.41) is 72.2. The first-order valence-corrected chi connectivity index (χ1v) is 27.0. The number of esters is 1. The molecule has 73 heavy (non-hydrogen) atoms. The van der Waals surface area contributed by atoms with Gasteiger partial charge < -0.3 is 59.2 Å². The van der Waals surface area contributed by atoms with E-state index < -0.39 is 83.4 Å². The largest absolute Gasteiger partial charge is 0.459 e. The van der Waals surface area contributed by atoms with Crippen molar-refractivity contribution in [3.8, 4) is 0 Å². The van der Waals surface area contributed by atoms with Crippen molar-refractivity contribution in [2.45, 2.75) is 218 Å². The number of aryl methyl sites for hydroxylation is 2. The first kappa shape index (κ1) is 58.8. The van der Waals surface area contributed by atoms with Crippen molar-refractivity contribution in [2.75, 3.05) is 34.3 Å². The maximum absolute atomic E-state index is 14.7. The van der Waals surface area contributed by atoms with E-state index in [-0.39, 0.29) is 30.6 Å². The average Bonchev–Trinajstić information content (AvgIpc) is 4.06. The zero-order valence-corrected chi connectivity index (χ0v) is 46.1. The smallest absolute Gasteiger partial charge is 0.309 e. The third-order valence-corrected chi connectivity index (χ3v) is 16.7. The van der Waals surface area contributed by atoms with Gasteiger partial charge in [-0.3, -0.25) is 9.48 Å². The van der Waals surface area contributed by atoms with Crippen LogP contribution >= 0.6 is 0 Å². The van der Waals surface area contributed by atoms with Crippen LogP contribution in [-0.2, 0) is 61.0 Å². The summed E-state index contributed by atoms with van der Waals surface area (Å²) in [5.74, 6) is -2.68. The number of carbonyl (C=O) groups excluding carboxylic acids is 1. The second-order valence-electron chi connectivity index (χ2n) is 22.7. The summed E-state index contributed by atoms with van der Waals surface area (Å²) in [6.07, 6.45) is 1.11. The van der Waals surface area contributed by atoms with E-state index in [0.717, 1.165) is 24.4 Å². The van der Waals surface area contributed by atoms with Gasteiger partial charge in [-0.1, -0.05) is 64.1 Å². The highest BCUT2D eigenvalue weighted by molar-refractivity contribution is 5.73. The summed E-state index contributed by atoms with van der Waals surface area (Å²) in [7, 11) is 5.57. The lowest BCUT2D eigenvalue weighted by Crippen LogP contribution is -2.61. The number of nitrogens with one attached hydrogen (secondary N) is 2. The molecule has 0 spiro atoms. The molecule has 3 aliphatic rings. The number of hydrogen-bond acceptors (Lipinski definition) is 17. The van der Waals surface area contributed by atoms with Crippen LogP contribution in [0.4, 0.5) is 0 Å². The number of nitrogens with zero attached hydrogens (tertiary/aromatic N) is 7. The topological polar surface area (TPSA) is 235 Å². The van der Waals surface area contributed by atoms with Gasteiger partial charge in [-0.2, -0.15) is 15.4 Å². The standard InChI is InChI=1S/C54H91N9O10/c1-14-45-53(10,67)48(65)38(8)62(12)31-33(3)25-54(68,15-2)49(36(6)46(37(7)50(66)72-45)44-27-52(9,69-13)26-35(5)70-44)73-51-47(64)43(24-34(4)71-51)61(11)22-21-41-32-63(60-58-41)23-20-39-16-18-40(19-17-39)28-55-29-42-30-56-59-57-42/h16-19,30,32-38,43-49,51,55,64-65,67-68H,14-15,20-29,31H2,1-13H3,(H,56,57,59)/t33-,34-,35+,36+,37-,38-,43+,44-,45-,46?,47-,48-,49-,51+,52+,53-,54-/m1/s1. The van der Waals surface area contributed by atoms with Crippen LogP contribution in [0.2, 0.25) is 0 Å². The molecule has 0 aliphatic carbocycles. The van der Waals surface area contributed by atoms with Crippen molar-refractivity contribution in [1.82, 2.24) is 45.5 Å². The lowest BCUT2D eigenvalue weighted by Gasteiger charge is -2.51. The monoisotopic (exact) mass is 1030 g/mol. The Morgan fingerprint density at radius 3 is 2.32 bits per heavy atom. The van der Waals surface area contributed by atoms with E-state index in [9.17, 15) is 25.2 Å². The van der Waals surface area contributed by atoms with Gasteiger partial charge in [0.15, 0.2) is 6.29 Å². The maximum atomic E-state index is 14.7. The highest BCUT2D eigenvalue weighted by atomic mass is 16.7. The molecule has 6 N–H and O–H groups in total. The predicted molar refractivity (Wildman–Crippen MR) is 276 cm³/mol. The van der Waals surface area contributed by atoms with E-state index in [2.05, 4.69) is 74.1 Å². The molecule has 0 saturated carbocycles. The van der Waals surface area contributed by atoms with Crippen LogP contribution in [-0.4, -0.2) is 179 Å². The van der Waals surface area contributed by atoms with Crippen molar-refractivity contribution >= 4 is 5.97 Å². The second kappa shape index (κ2) is 25.6. The summed E-state index contributed by atoms with van der Waals surface area (Å²) >= 11 is 0. The summed E-state index contributed by atoms with van der Waals surface area (Å²) in [6.45, 7) is 22.2. The van der Waals surface area contributed by atoms with Crippen molar-refractivity contribution in [1.29, 1.82) is 0 Å². The fourth-order valence-corrected chi connectivity index (χ4v) is 12.1. The number of methoxy groups -OCH3 is 1.